The van der Waals surface area contributed by atoms with Gasteiger partial charge in [0.1, 0.15) is 0 Å². The van der Waals surface area contributed by atoms with Crippen molar-refractivity contribution in [2.45, 2.75) is 0 Å². The van der Waals surface area contributed by atoms with Gasteiger partial charge < -0.3 is 0 Å². The Morgan fingerprint density at radius 2 is 2.06 bits per heavy atom. The molecule has 82 valence electrons. The Morgan fingerprint density at radius 3 is 2.81 bits per heavy atom. The predicted molar refractivity (Wildman–Crippen MR) is 71.6 cm³/mol. The van der Waals surface area contributed by atoms with Crippen LogP contribution in [0.4, 0.5) is 0 Å². The van der Waals surface area contributed by atoms with E-state index in [1.54, 1.807) is 0 Å². The van der Waals surface area contributed by atoms with Gasteiger partial charge in [0.05, 0.1) is 0 Å². The van der Waals surface area contributed by atoms with Gasteiger partial charge in [-0.05, 0) is 0 Å². The van der Waals surface area contributed by atoms with E-state index in [0.717, 1.165) is 26.4 Å². The van der Waals surface area contributed by atoms with Crippen LogP contribution in [-0.4, -0.2) is 50.7 Å². The summed E-state index contributed by atoms with van der Waals surface area (Å²) in [5, 5.41) is 16.6. The number of aromatic amines is 1. The minimum absolute atomic E-state index is 0.155. The van der Waals surface area contributed by atoms with Crippen LogP contribution in [0.2, 0.25) is 0 Å². The van der Waals surface area contributed by atoms with Crippen molar-refractivity contribution < 1.29 is 0 Å². The van der Waals surface area contributed by atoms with Crippen molar-refractivity contribution in [3.8, 4) is 0 Å². The first kappa shape index (κ1) is 11.2. The van der Waals surface area contributed by atoms with E-state index < -0.39 is 0 Å². The zero-order valence-electron chi connectivity index (χ0n) is 7.52. The number of benzene rings is 1. The Morgan fingerprint density at radius 1 is 1.25 bits per heavy atom. The third kappa shape index (κ3) is 1.66. The quantitative estimate of drug-likeness (QED) is 0.557. The van der Waals surface area contributed by atoms with Crippen LogP contribution in [0.5, 0.6) is 0 Å². The number of rotatable bonds is 2. The van der Waals surface area contributed by atoms with Crippen LogP contribution in [0.15, 0.2) is 12.3 Å². The summed E-state index contributed by atoms with van der Waals surface area (Å²) in [5.41, 5.74) is 2.81. The second-order valence-corrected chi connectivity index (χ2v) is 8.51. The SMILES string of the molecule is Br[Se]c1cc2nn([Se]Br)cc2c2n[nH]nc12. The summed E-state index contributed by atoms with van der Waals surface area (Å²) in [4.78, 5) is 0. The first-order chi connectivity index (χ1) is 7.83. The van der Waals surface area contributed by atoms with Crippen LogP contribution in [0.25, 0.3) is 21.9 Å². The predicted octanol–water partition coefficient (Wildman–Crippen LogP) is 0.724. The van der Waals surface area contributed by atoms with Gasteiger partial charge in [0, 0.05) is 0 Å². The summed E-state index contributed by atoms with van der Waals surface area (Å²) < 4.78 is 3.06. The summed E-state index contributed by atoms with van der Waals surface area (Å²) in [6.45, 7) is 0. The molecular weight excluding hydrogens is 472 g/mol. The van der Waals surface area contributed by atoms with Crippen LogP contribution >= 0.6 is 28.2 Å². The summed E-state index contributed by atoms with van der Waals surface area (Å²) in [6, 6.07) is 2.07. The van der Waals surface area contributed by atoms with Gasteiger partial charge in [0.15, 0.2) is 0 Å². The molecule has 1 aromatic carbocycles. The molecule has 0 spiro atoms. The van der Waals surface area contributed by atoms with Crippen LogP contribution in [0, 0.1) is 0 Å². The number of nitrogens with zero attached hydrogens (tertiary/aromatic N) is 4. The van der Waals surface area contributed by atoms with Gasteiger partial charge in [0.25, 0.3) is 0 Å². The molecule has 0 aliphatic heterocycles. The zero-order valence-corrected chi connectivity index (χ0v) is 14.1. The molecule has 0 atom stereocenters. The van der Waals surface area contributed by atoms with E-state index in [1.165, 1.54) is 0 Å². The minimum atomic E-state index is 0.155. The fourth-order valence-corrected chi connectivity index (χ4v) is 4.92. The maximum atomic E-state index is 4.47. The second kappa shape index (κ2) is 4.40. The third-order valence-corrected chi connectivity index (χ3v) is 7.22. The number of halogens is 2. The van der Waals surface area contributed by atoms with Crippen LogP contribution in [0.1, 0.15) is 0 Å². The van der Waals surface area contributed by atoms with Gasteiger partial charge in [-0.2, -0.15) is 0 Å². The van der Waals surface area contributed by atoms with Crippen molar-refractivity contribution in [3.63, 3.8) is 0 Å². The molecule has 0 amide bonds. The van der Waals surface area contributed by atoms with Crippen LogP contribution < -0.4 is 4.46 Å². The van der Waals surface area contributed by atoms with E-state index in [4.69, 9.17) is 0 Å². The molecule has 0 radical (unpaired) electrons. The molecule has 0 saturated heterocycles. The Bertz CT molecular complexity index is 663. The fourth-order valence-electron chi connectivity index (χ4n) is 1.53. The third-order valence-electron chi connectivity index (χ3n) is 2.18. The average Bonchev–Trinajstić information content (AvgIpc) is 2.92. The first-order valence-electron chi connectivity index (χ1n) is 4.14. The number of aromatic nitrogens is 5. The standard InChI is InChI=1S/C7H3Br2N5Se2/c8-15-5-1-4-3(2-14(12-4)16-9)6-7(5)11-13-10-6/h1-2H,(H,10,11,13). The van der Waals surface area contributed by atoms with E-state index in [0.29, 0.717) is 0 Å². The number of H-pyrrole nitrogens is 1. The van der Waals surface area contributed by atoms with Crippen molar-refractivity contribution in [2.24, 2.45) is 0 Å². The van der Waals surface area contributed by atoms with Gasteiger partial charge in [-0.3, -0.25) is 0 Å². The van der Waals surface area contributed by atoms with Gasteiger partial charge in [0.2, 0.25) is 0 Å². The maximum absolute atomic E-state index is 4.47. The molecule has 1 N–H and O–H groups in total. The van der Waals surface area contributed by atoms with E-state index in [1.807, 2.05) is 9.89 Å². The Labute approximate surface area is 117 Å². The number of nitrogens with one attached hydrogen (secondary N) is 1. The Balaban J connectivity index is 2.46. The Hall–Kier alpha value is 0.0890. The molecule has 0 unspecified atom stereocenters. The van der Waals surface area contributed by atoms with Crippen molar-refractivity contribution in [3.05, 3.63) is 12.3 Å². The molecule has 2 heterocycles. The monoisotopic (exact) mass is 475 g/mol. The topological polar surface area (TPSA) is 59.4 Å². The molecule has 0 fully saturated rings. The summed E-state index contributed by atoms with van der Waals surface area (Å²) in [5.74, 6) is 0. The molecule has 0 saturated carbocycles. The fraction of sp³-hybridized carbons (Fsp3) is 0. The van der Waals surface area contributed by atoms with Gasteiger partial charge >= 0.3 is 118 Å². The molecule has 0 aliphatic carbocycles. The summed E-state index contributed by atoms with van der Waals surface area (Å²) >= 11 is 7.32. The van der Waals surface area contributed by atoms with Crippen LogP contribution in [-0.2, 0) is 0 Å². The number of fused-ring (bicyclic) bond motifs is 3. The van der Waals surface area contributed by atoms with E-state index in [-0.39, 0.29) is 26.5 Å². The van der Waals surface area contributed by atoms with Crippen LogP contribution in [0.3, 0.4) is 0 Å². The summed E-state index contributed by atoms with van der Waals surface area (Å²) in [7, 11) is 0. The molecule has 2 aromatic heterocycles. The normalized spacial score (nSPS) is 11.6. The molecule has 9 heteroatoms. The molecule has 0 bridgehead atoms. The number of hydrogen-bond donors (Lipinski definition) is 1. The molecular formula is C7H3Br2N5Se2. The molecule has 3 aromatic rings. The zero-order chi connectivity index (χ0) is 11.1. The van der Waals surface area contributed by atoms with E-state index in [9.17, 15) is 0 Å². The molecule has 0 aliphatic rings. The number of hydrogen-bond acceptors (Lipinski definition) is 3. The average molecular weight is 475 g/mol. The second-order valence-electron chi connectivity index (χ2n) is 3.01. The van der Waals surface area contributed by atoms with E-state index >= 15 is 0 Å². The van der Waals surface area contributed by atoms with Crippen molar-refractivity contribution in [2.75, 3.05) is 0 Å². The summed E-state index contributed by atoms with van der Waals surface area (Å²) in [6.07, 6.45) is 2.00. The van der Waals surface area contributed by atoms with Crippen molar-refractivity contribution in [1.29, 1.82) is 0 Å². The molecule has 3 rings (SSSR count). The molecule has 5 nitrogen and oxygen atoms in total. The van der Waals surface area contributed by atoms with E-state index in [2.05, 4.69) is 54.8 Å². The van der Waals surface area contributed by atoms with Crippen molar-refractivity contribution in [1.82, 2.24) is 24.2 Å². The van der Waals surface area contributed by atoms with Gasteiger partial charge in [-0.25, -0.2) is 0 Å². The first-order valence-corrected chi connectivity index (χ1v) is 13.8. The van der Waals surface area contributed by atoms with Gasteiger partial charge in [-0.15, -0.1) is 0 Å². The molecule has 16 heavy (non-hydrogen) atoms. The van der Waals surface area contributed by atoms with Gasteiger partial charge in [-0.1, -0.05) is 0 Å². The Kier molecular flexibility index (Phi) is 3.08. The van der Waals surface area contributed by atoms with Crippen molar-refractivity contribution >= 4 is 81.1 Å².